The summed E-state index contributed by atoms with van der Waals surface area (Å²) >= 11 is 2.74. The Morgan fingerprint density at radius 1 is 1.07 bits per heavy atom. The lowest BCUT2D eigenvalue weighted by Gasteiger charge is -2.12. The van der Waals surface area contributed by atoms with E-state index in [0.29, 0.717) is 35.6 Å². The summed E-state index contributed by atoms with van der Waals surface area (Å²) in [7, 11) is 0. The molecule has 6 nitrogen and oxygen atoms in total. The number of thiazole rings is 1. The van der Waals surface area contributed by atoms with Crippen LogP contribution in [0.5, 0.6) is 0 Å². The Morgan fingerprint density at radius 2 is 1.93 bits per heavy atom. The smallest absolute Gasteiger partial charge is 0.263 e. The molecule has 0 atom stereocenters. The molecule has 3 aromatic heterocycles. The van der Waals surface area contributed by atoms with Gasteiger partial charge in [-0.3, -0.25) is 14.2 Å². The van der Waals surface area contributed by atoms with Gasteiger partial charge in [0.25, 0.3) is 5.56 Å². The Labute approximate surface area is 175 Å². The molecule has 3 heterocycles. The van der Waals surface area contributed by atoms with Gasteiger partial charge in [-0.15, -0.1) is 11.3 Å². The molecule has 0 saturated heterocycles. The van der Waals surface area contributed by atoms with E-state index in [0.717, 1.165) is 10.6 Å². The molecule has 0 fully saturated rings. The SMILES string of the molecule is O=C(CSc1nc2ncccc2c(=O)n1CCc1ccccc1)Cc1nccs1. The van der Waals surface area contributed by atoms with Crippen LogP contribution in [-0.4, -0.2) is 31.1 Å². The third kappa shape index (κ3) is 4.78. The fourth-order valence-corrected chi connectivity index (χ4v) is 4.45. The number of ketones is 1. The number of fused-ring (bicyclic) bond motifs is 1. The zero-order chi connectivity index (χ0) is 20.1. The molecular weight excluding hydrogens is 404 g/mol. The Bertz CT molecular complexity index is 1170. The average molecular weight is 423 g/mol. The van der Waals surface area contributed by atoms with Crippen LogP contribution in [0, 0.1) is 0 Å². The summed E-state index contributed by atoms with van der Waals surface area (Å²) in [6.07, 6.45) is 4.31. The first-order valence-corrected chi connectivity index (χ1v) is 11.0. The van der Waals surface area contributed by atoms with Crippen LogP contribution in [0.2, 0.25) is 0 Å². The van der Waals surface area contributed by atoms with E-state index >= 15 is 0 Å². The number of carbonyl (C=O) groups excluding carboxylic acids is 1. The van der Waals surface area contributed by atoms with Gasteiger partial charge in [-0.05, 0) is 24.1 Å². The number of aromatic nitrogens is 4. The summed E-state index contributed by atoms with van der Waals surface area (Å²) in [5, 5.41) is 3.65. The van der Waals surface area contributed by atoms with Crippen LogP contribution in [0.3, 0.4) is 0 Å². The normalized spacial score (nSPS) is 11.0. The number of hydrogen-bond donors (Lipinski definition) is 0. The molecule has 0 aliphatic heterocycles. The number of nitrogens with zero attached hydrogens (tertiary/aromatic N) is 4. The van der Waals surface area contributed by atoms with Crippen molar-refractivity contribution in [2.75, 3.05) is 5.75 Å². The fourth-order valence-electron chi connectivity index (χ4n) is 2.93. The number of aryl methyl sites for hydroxylation is 1. The number of thioether (sulfide) groups is 1. The Kier molecular flexibility index (Phi) is 6.12. The molecule has 0 bridgehead atoms. The van der Waals surface area contributed by atoms with E-state index < -0.39 is 0 Å². The van der Waals surface area contributed by atoms with Gasteiger partial charge < -0.3 is 0 Å². The van der Waals surface area contributed by atoms with Crippen LogP contribution in [-0.2, 0) is 24.2 Å². The summed E-state index contributed by atoms with van der Waals surface area (Å²) in [6, 6.07) is 13.5. The first-order valence-electron chi connectivity index (χ1n) is 9.13. The van der Waals surface area contributed by atoms with Gasteiger partial charge in [0, 0.05) is 24.3 Å². The van der Waals surface area contributed by atoms with Gasteiger partial charge >= 0.3 is 0 Å². The van der Waals surface area contributed by atoms with Crippen molar-refractivity contribution in [3.05, 3.63) is 81.2 Å². The highest BCUT2D eigenvalue weighted by Crippen LogP contribution is 2.18. The summed E-state index contributed by atoms with van der Waals surface area (Å²) < 4.78 is 1.65. The molecule has 0 unspecified atom stereocenters. The van der Waals surface area contributed by atoms with Crippen molar-refractivity contribution in [2.45, 2.75) is 24.5 Å². The Hall–Kier alpha value is -2.84. The predicted molar refractivity (Wildman–Crippen MR) is 115 cm³/mol. The molecule has 0 aliphatic rings. The van der Waals surface area contributed by atoms with Crippen molar-refractivity contribution in [2.24, 2.45) is 0 Å². The molecular formula is C21H18N4O2S2. The zero-order valence-corrected chi connectivity index (χ0v) is 17.2. The molecule has 0 aliphatic carbocycles. The highest BCUT2D eigenvalue weighted by Gasteiger charge is 2.14. The van der Waals surface area contributed by atoms with E-state index in [-0.39, 0.29) is 17.1 Å². The Morgan fingerprint density at radius 3 is 2.72 bits per heavy atom. The number of hydrogen-bond acceptors (Lipinski definition) is 7. The molecule has 0 N–H and O–H groups in total. The molecule has 0 radical (unpaired) electrons. The van der Waals surface area contributed by atoms with E-state index in [1.165, 1.54) is 23.1 Å². The van der Waals surface area contributed by atoms with Crippen LogP contribution < -0.4 is 5.56 Å². The van der Waals surface area contributed by atoms with Crippen molar-refractivity contribution in [1.82, 2.24) is 19.5 Å². The lowest BCUT2D eigenvalue weighted by molar-refractivity contribution is -0.116. The second-order valence-electron chi connectivity index (χ2n) is 6.39. The van der Waals surface area contributed by atoms with E-state index in [9.17, 15) is 9.59 Å². The molecule has 1 aromatic carbocycles. The number of Topliss-reactive ketones (excluding diaryl/α,β-unsaturated/α-hetero) is 1. The first kappa shape index (κ1) is 19.5. The van der Waals surface area contributed by atoms with Gasteiger partial charge in [-0.2, -0.15) is 0 Å². The zero-order valence-electron chi connectivity index (χ0n) is 15.5. The average Bonchev–Trinajstić information content (AvgIpc) is 3.25. The highest BCUT2D eigenvalue weighted by atomic mass is 32.2. The van der Waals surface area contributed by atoms with E-state index in [4.69, 9.17) is 0 Å². The maximum Gasteiger partial charge on any atom is 0.263 e. The van der Waals surface area contributed by atoms with E-state index in [1.807, 2.05) is 35.7 Å². The number of rotatable bonds is 8. The largest absolute Gasteiger partial charge is 0.298 e. The highest BCUT2D eigenvalue weighted by molar-refractivity contribution is 7.99. The summed E-state index contributed by atoms with van der Waals surface area (Å²) in [5.41, 5.74) is 1.42. The predicted octanol–water partition coefficient (Wildman–Crippen LogP) is 3.39. The summed E-state index contributed by atoms with van der Waals surface area (Å²) in [6.45, 7) is 0.490. The van der Waals surface area contributed by atoms with Crippen molar-refractivity contribution in [3.8, 4) is 0 Å². The van der Waals surface area contributed by atoms with Crippen molar-refractivity contribution >= 4 is 39.9 Å². The van der Waals surface area contributed by atoms with E-state index in [1.54, 1.807) is 29.1 Å². The van der Waals surface area contributed by atoms with Crippen LogP contribution in [0.1, 0.15) is 10.6 Å². The van der Waals surface area contributed by atoms with Gasteiger partial charge in [-0.25, -0.2) is 15.0 Å². The van der Waals surface area contributed by atoms with Gasteiger partial charge in [-0.1, -0.05) is 42.1 Å². The van der Waals surface area contributed by atoms with Crippen molar-refractivity contribution in [1.29, 1.82) is 0 Å². The van der Waals surface area contributed by atoms with Gasteiger partial charge in [0.2, 0.25) is 0 Å². The van der Waals surface area contributed by atoms with Gasteiger partial charge in [0.15, 0.2) is 10.8 Å². The Balaban J connectivity index is 1.58. The summed E-state index contributed by atoms with van der Waals surface area (Å²) in [5.74, 6) is 0.283. The quantitative estimate of drug-likeness (QED) is 0.320. The first-order chi connectivity index (χ1) is 14.2. The lowest BCUT2D eigenvalue weighted by atomic mass is 10.1. The topological polar surface area (TPSA) is 77.7 Å². The van der Waals surface area contributed by atoms with E-state index in [2.05, 4.69) is 15.0 Å². The molecule has 8 heteroatoms. The number of carbonyl (C=O) groups is 1. The monoisotopic (exact) mass is 422 g/mol. The van der Waals surface area contributed by atoms with Crippen molar-refractivity contribution in [3.63, 3.8) is 0 Å². The molecule has 146 valence electrons. The third-order valence-electron chi connectivity index (χ3n) is 4.36. The molecule has 4 aromatic rings. The van der Waals surface area contributed by atoms with Gasteiger partial charge in [0.05, 0.1) is 22.6 Å². The second-order valence-corrected chi connectivity index (χ2v) is 8.31. The standard InChI is InChI=1S/C21H18N4O2S2/c26-16(13-18-22-10-12-28-18)14-29-21-24-19-17(7-4-9-23-19)20(27)25(21)11-8-15-5-2-1-3-6-15/h1-7,9-10,12H,8,11,13-14H2. The van der Waals surface area contributed by atoms with Crippen LogP contribution >= 0.6 is 23.1 Å². The molecule has 0 amide bonds. The fraction of sp³-hybridized carbons (Fsp3) is 0.190. The van der Waals surface area contributed by atoms with Crippen LogP contribution in [0.15, 0.2) is 70.2 Å². The third-order valence-corrected chi connectivity index (χ3v) is 6.17. The minimum atomic E-state index is -0.131. The van der Waals surface area contributed by atoms with Gasteiger partial charge in [0.1, 0.15) is 5.78 Å². The van der Waals surface area contributed by atoms with Crippen LogP contribution in [0.4, 0.5) is 0 Å². The minimum absolute atomic E-state index is 0.0509. The maximum absolute atomic E-state index is 13.0. The number of pyridine rings is 1. The number of benzene rings is 1. The maximum atomic E-state index is 13.0. The molecule has 0 spiro atoms. The van der Waals surface area contributed by atoms with Crippen LogP contribution in [0.25, 0.3) is 11.0 Å². The molecule has 29 heavy (non-hydrogen) atoms. The molecule has 4 rings (SSSR count). The minimum Gasteiger partial charge on any atom is -0.298 e. The molecule has 0 saturated carbocycles. The second kappa shape index (κ2) is 9.11. The lowest BCUT2D eigenvalue weighted by Crippen LogP contribution is -2.25. The summed E-state index contributed by atoms with van der Waals surface area (Å²) in [4.78, 5) is 38.3. The van der Waals surface area contributed by atoms with Crippen molar-refractivity contribution < 1.29 is 4.79 Å².